The van der Waals surface area contributed by atoms with Crippen LogP contribution in [-0.4, -0.2) is 37.2 Å². The summed E-state index contributed by atoms with van der Waals surface area (Å²) < 4.78 is 16.9. The second kappa shape index (κ2) is 64.6. The average Bonchev–Trinajstić information content (AvgIpc) is 3.42. The smallest absolute Gasteiger partial charge is 0.306 e. The van der Waals surface area contributed by atoms with Crippen LogP contribution in [0.1, 0.15) is 348 Å². The molecular weight excluding hydrogens is 937 g/mol. The van der Waals surface area contributed by atoms with E-state index in [4.69, 9.17) is 14.2 Å². The zero-order chi connectivity index (χ0) is 55.0. The van der Waals surface area contributed by atoms with Crippen LogP contribution >= 0.6 is 0 Å². The molecule has 0 saturated heterocycles. The molecule has 0 radical (unpaired) electrons. The Morgan fingerprint density at radius 3 is 0.816 bits per heavy atom. The number of rotatable bonds is 61. The molecule has 0 saturated carbocycles. The van der Waals surface area contributed by atoms with E-state index in [0.717, 1.165) is 89.9 Å². The van der Waals surface area contributed by atoms with E-state index in [-0.39, 0.29) is 31.1 Å². The fourth-order valence-corrected chi connectivity index (χ4v) is 9.79. The third kappa shape index (κ3) is 62.0. The summed E-state index contributed by atoms with van der Waals surface area (Å²) in [7, 11) is 0. The number of hydrogen-bond acceptors (Lipinski definition) is 6. The minimum atomic E-state index is -0.772. The summed E-state index contributed by atoms with van der Waals surface area (Å²) >= 11 is 0. The molecular formula is C70H126O6. The molecule has 76 heavy (non-hydrogen) atoms. The third-order valence-electron chi connectivity index (χ3n) is 14.8. The first-order valence-corrected chi connectivity index (χ1v) is 33.3. The van der Waals surface area contributed by atoms with Crippen molar-refractivity contribution in [3.05, 3.63) is 60.8 Å². The highest BCUT2D eigenvalue weighted by Gasteiger charge is 2.19. The number of hydrogen-bond donors (Lipinski definition) is 0. The molecule has 0 bridgehead atoms. The zero-order valence-corrected chi connectivity index (χ0v) is 50.8. The molecule has 0 aliphatic carbocycles. The van der Waals surface area contributed by atoms with Gasteiger partial charge in [0.2, 0.25) is 0 Å². The van der Waals surface area contributed by atoms with E-state index in [1.54, 1.807) is 0 Å². The minimum Gasteiger partial charge on any atom is -0.462 e. The van der Waals surface area contributed by atoms with Crippen molar-refractivity contribution in [3.63, 3.8) is 0 Å². The fraction of sp³-hybridized carbons (Fsp3) is 0.814. The summed E-state index contributed by atoms with van der Waals surface area (Å²) in [6.07, 6.45) is 82.7. The second-order valence-electron chi connectivity index (χ2n) is 22.4. The normalized spacial score (nSPS) is 12.4. The van der Waals surface area contributed by atoms with Gasteiger partial charge in [-0.2, -0.15) is 0 Å². The number of unbranched alkanes of at least 4 members (excludes halogenated alkanes) is 40. The fourth-order valence-electron chi connectivity index (χ4n) is 9.79. The number of carbonyl (C=O) groups is 3. The lowest BCUT2D eigenvalue weighted by atomic mass is 10.0. The molecule has 0 aromatic heterocycles. The van der Waals surface area contributed by atoms with Gasteiger partial charge in [0.05, 0.1) is 0 Å². The Hall–Kier alpha value is -2.89. The van der Waals surface area contributed by atoms with Crippen LogP contribution in [0.4, 0.5) is 0 Å². The molecule has 0 amide bonds. The van der Waals surface area contributed by atoms with Crippen molar-refractivity contribution in [2.24, 2.45) is 0 Å². The van der Waals surface area contributed by atoms with E-state index in [2.05, 4.69) is 81.5 Å². The average molecular weight is 1060 g/mol. The van der Waals surface area contributed by atoms with Crippen molar-refractivity contribution in [2.45, 2.75) is 354 Å². The lowest BCUT2D eigenvalue weighted by Crippen LogP contribution is -2.30. The molecule has 0 aromatic carbocycles. The van der Waals surface area contributed by atoms with Crippen LogP contribution in [0, 0.1) is 0 Å². The predicted octanol–water partition coefficient (Wildman–Crippen LogP) is 22.7. The van der Waals surface area contributed by atoms with Gasteiger partial charge in [0.15, 0.2) is 6.10 Å². The van der Waals surface area contributed by atoms with Gasteiger partial charge in [-0.05, 0) is 83.5 Å². The van der Waals surface area contributed by atoms with Crippen LogP contribution in [0.5, 0.6) is 0 Å². The molecule has 6 nitrogen and oxygen atoms in total. The SMILES string of the molecule is CC/C=C\C/C=C\C/C=C\C/C=C\CCCCCCCCCCCCCCCCCCCCCCCCC(=O)OCC(COC(=O)CCCCCCCCCCC)OC(=O)CCCCCCC/C=C\CCCCCCC. The number of esters is 3. The van der Waals surface area contributed by atoms with Crippen LogP contribution in [0.15, 0.2) is 60.8 Å². The first-order valence-electron chi connectivity index (χ1n) is 33.3. The van der Waals surface area contributed by atoms with E-state index in [1.807, 2.05) is 0 Å². The van der Waals surface area contributed by atoms with Gasteiger partial charge in [0, 0.05) is 19.3 Å². The van der Waals surface area contributed by atoms with E-state index in [0.29, 0.717) is 19.3 Å². The van der Waals surface area contributed by atoms with Gasteiger partial charge in [-0.1, -0.05) is 306 Å². The summed E-state index contributed by atoms with van der Waals surface area (Å²) in [4.78, 5) is 38.1. The molecule has 0 aliphatic rings. The number of carbonyl (C=O) groups excluding carboxylic acids is 3. The first-order chi connectivity index (χ1) is 37.5. The van der Waals surface area contributed by atoms with Crippen molar-refractivity contribution >= 4 is 17.9 Å². The highest BCUT2D eigenvalue weighted by atomic mass is 16.6. The number of allylic oxidation sites excluding steroid dienone is 10. The highest BCUT2D eigenvalue weighted by Crippen LogP contribution is 2.18. The van der Waals surface area contributed by atoms with Gasteiger partial charge in [0.1, 0.15) is 13.2 Å². The van der Waals surface area contributed by atoms with Gasteiger partial charge >= 0.3 is 17.9 Å². The van der Waals surface area contributed by atoms with E-state index in [9.17, 15) is 14.4 Å². The predicted molar refractivity (Wildman–Crippen MR) is 330 cm³/mol. The standard InChI is InChI=1S/C70H126O6/c1-4-7-10-13-16-19-21-23-25-26-27-28-29-30-31-32-33-34-35-36-37-38-39-40-41-42-43-44-45-47-48-51-54-57-60-63-69(72)75-66-67(65-74-68(71)62-59-56-53-50-18-15-12-9-6-3)76-70(73)64-61-58-55-52-49-46-24-22-20-17-14-11-8-5-2/h7,10,16,19,22-25,27-28,67H,4-6,8-9,11-15,17-18,20-21,26,29-66H2,1-3H3/b10-7-,19-16-,24-22-,25-23-,28-27-. The summed E-state index contributed by atoms with van der Waals surface area (Å²) in [6, 6.07) is 0. The summed E-state index contributed by atoms with van der Waals surface area (Å²) in [5, 5.41) is 0. The summed E-state index contributed by atoms with van der Waals surface area (Å²) in [6.45, 7) is 6.53. The van der Waals surface area contributed by atoms with Gasteiger partial charge in [-0.15, -0.1) is 0 Å². The molecule has 442 valence electrons. The van der Waals surface area contributed by atoms with Crippen molar-refractivity contribution in [3.8, 4) is 0 Å². The zero-order valence-electron chi connectivity index (χ0n) is 50.8. The van der Waals surface area contributed by atoms with E-state index < -0.39 is 6.10 Å². The van der Waals surface area contributed by atoms with Crippen molar-refractivity contribution < 1.29 is 28.6 Å². The van der Waals surface area contributed by atoms with Gasteiger partial charge in [-0.3, -0.25) is 14.4 Å². The molecule has 0 N–H and O–H groups in total. The molecule has 1 unspecified atom stereocenters. The molecule has 0 rings (SSSR count). The molecule has 6 heteroatoms. The number of ether oxygens (including phenoxy) is 3. The molecule has 0 aliphatic heterocycles. The lowest BCUT2D eigenvalue weighted by molar-refractivity contribution is -0.167. The van der Waals surface area contributed by atoms with E-state index >= 15 is 0 Å². The Balaban J connectivity index is 3.98. The lowest BCUT2D eigenvalue weighted by Gasteiger charge is -2.18. The second-order valence-corrected chi connectivity index (χ2v) is 22.4. The first kappa shape index (κ1) is 73.1. The topological polar surface area (TPSA) is 78.9 Å². The van der Waals surface area contributed by atoms with E-state index in [1.165, 1.54) is 218 Å². The van der Waals surface area contributed by atoms with Crippen molar-refractivity contribution in [2.75, 3.05) is 13.2 Å². The maximum absolute atomic E-state index is 12.8. The third-order valence-corrected chi connectivity index (χ3v) is 14.8. The van der Waals surface area contributed by atoms with Crippen LogP contribution in [-0.2, 0) is 28.6 Å². The monoisotopic (exact) mass is 1060 g/mol. The minimum absolute atomic E-state index is 0.0714. The molecule has 0 aromatic rings. The Morgan fingerprint density at radius 2 is 0.513 bits per heavy atom. The molecule has 1 atom stereocenters. The largest absolute Gasteiger partial charge is 0.462 e. The van der Waals surface area contributed by atoms with Gasteiger partial charge in [0.25, 0.3) is 0 Å². The Morgan fingerprint density at radius 1 is 0.276 bits per heavy atom. The maximum atomic E-state index is 12.8. The Kier molecular flexibility index (Phi) is 62.2. The molecule has 0 fully saturated rings. The maximum Gasteiger partial charge on any atom is 0.306 e. The summed E-state index contributed by atoms with van der Waals surface area (Å²) in [5.74, 6) is -0.864. The van der Waals surface area contributed by atoms with Crippen molar-refractivity contribution in [1.29, 1.82) is 0 Å². The highest BCUT2D eigenvalue weighted by molar-refractivity contribution is 5.71. The van der Waals surface area contributed by atoms with Crippen molar-refractivity contribution in [1.82, 2.24) is 0 Å². The van der Waals surface area contributed by atoms with Crippen LogP contribution < -0.4 is 0 Å². The van der Waals surface area contributed by atoms with Crippen LogP contribution in [0.25, 0.3) is 0 Å². The Labute approximate surface area is 472 Å². The Bertz CT molecular complexity index is 1360. The molecule has 0 heterocycles. The van der Waals surface area contributed by atoms with Gasteiger partial charge < -0.3 is 14.2 Å². The quantitative estimate of drug-likeness (QED) is 0.0261. The summed E-state index contributed by atoms with van der Waals surface area (Å²) in [5.41, 5.74) is 0. The van der Waals surface area contributed by atoms with Crippen LogP contribution in [0.3, 0.4) is 0 Å². The molecule has 0 spiro atoms. The van der Waals surface area contributed by atoms with Gasteiger partial charge in [-0.25, -0.2) is 0 Å². The van der Waals surface area contributed by atoms with Crippen LogP contribution in [0.2, 0.25) is 0 Å².